The summed E-state index contributed by atoms with van der Waals surface area (Å²) >= 11 is 1.99. The number of carbonyl (C=O) groups is 1. The fourth-order valence-corrected chi connectivity index (χ4v) is 4.02. The molecule has 2 aliphatic rings. The maximum atomic E-state index is 12.0. The summed E-state index contributed by atoms with van der Waals surface area (Å²) in [6.45, 7) is 1.52. The van der Waals surface area contributed by atoms with E-state index >= 15 is 0 Å². The van der Waals surface area contributed by atoms with Crippen molar-refractivity contribution < 1.29 is 4.79 Å². The zero-order valence-corrected chi connectivity index (χ0v) is 10.6. The molecule has 3 nitrogen and oxygen atoms in total. The summed E-state index contributed by atoms with van der Waals surface area (Å²) < 4.78 is 0. The second-order valence-electron chi connectivity index (χ2n) is 4.91. The van der Waals surface area contributed by atoms with E-state index in [4.69, 9.17) is 5.73 Å². The van der Waals surface area contributed by atoms with E-state index in [1.165, 1.54) is 18.6 Å². The second-order valence-corrected chi connectivity index (χ2v) is 6.32. The van der Waals surface area contributed by atoms with Crippen LogP contribution < -0.4 is 11.1 Å². The van der Waals surface area contributed by atoms with Gasteiger partial charge < -0.3 is 11.1 Å². The second kappa shape index (κ2) is 5.92. The van der Waals surface area contributed by atoms with Crippen LogP contribution in [0, 0.1) is 11.8 Å². The van der Waals surface area contributed by atoms with Crippen LogP contribution in [0.15, 0.2) is 0 Å². The quantitative estimate of drug-likeness (QED) is 0.783. The van der Waals surface area contributed by atoms with Gasteiger partial charge >= 0.3 is 0 Å². The van der Waals surface area contributed by atoms with Crippen molar-refractivity contribution in [1.82, 2.24) is 5.32 Å². The van der Waals surface area contributed by atoms with Crippen molar-refractivity contribution >= 4 is 17.7 Å². The normalized spacial score (nSPS) is 34.2. The Bertz CT molecular complexity index is 241. The van der Waals surface area contributed by atoms with E-state index in [0.717, 1.165) is 25.8 Å². The minimum atomic E-state index is 0.191. The van der Waals surface area contributed by atoms with Gasteiger partial charge in [0, 0.05) is 17.7 Å². The molecule has 2 fully saturated rings. The number of nitrogens with one attached hydrogen (secondary N) is 1. The van der Waals surface area contributed by atoms with Gasteiger partial charge in [-0.2, -0.15) is 11.8 Å². The number of amides is 1. The van der Waals surface area contributed by atoms with Gasteiger partial charge in [0.05, 0.1) is 0 Å². The molecule has 1 saturated heterocycles. The van der Waals surface area contributed by atoms with Crippen LogP contribution in [-0.2, 0) is 4.79 Å². The predicted molar refractivity (Wildman–Crippen MR) is 68.4 cm³/mol. The van der Waals surface area contributed by atoms with Crippen LogP contribution in [0.4, 0.5) is 0 Å². The maximum Gasteiger partial charge on any atom is 0.223 e. The number of rotatable bonds is 4. The number of nitrogens with two attached hydrogens (primary N) is 1. The highest BCUT2D eigenvalue weighted by Gasteiger charge is 2.32. The third-order valence-corrected chi connectivity index (χ3v) is 5.22. The highest BCUT2D eigenvalue weighted by Crippen LogP contribution is 2.31. The van der Waals surface area contributed by atoms with Gasteiger partial charge in [-0.15, -0.1) is 0 Å². The topological polar surface area (TPSA) is 55.1 Å². The van der Waals surface area contributed by atoms with Gasteiger partial charge in [-0.05, 0) is 43.9 Å². The molecule has 0 aromatic heterocycles. The van der Waals surface area contributed by atoms with E-state index < -0.39 is 0 Å². The summed E-state index contributed by atoms with van der Waals surface area (Å²) in [6, 6.07) is 0. The highest BCUT2D eigenvalue weighted by atomic mass is 32.2. The molecule has 2 rings (SSSR count). The molecular weight excluding hydrogens is 220 g/mol. The molecule has 3 N–H and O–H groups in total. The summed E-state index contributed by atoms with van der Waals surface area (Å²) in [4.78, 5) is 12.0. The maximum absolute atomic E-state index is 12.0. The van der Waals surface area contributed by atoms with Gasteiger partial charge in [-0.25, -0.2) is 0 Å². The molecule has 3 atom stereocenters. The smallest absolute Gasteiger partial charge is 0.223 e. The molecule has 4 heteroatoms. The molecule has 1 saturated carbocycles. The lowest BCUT2D eigenvalue weighted by molar-refractivity contribution is -0.125. The highest BCUT2D eigenvalue weighted by molar-refractivity contribution is 8.00. The van der Waals surface area contributed by atoms with Crippen molar-refractivity contribution in [2.45, 2.75) is 37.4 Å². The van der Waals surface area contributed by atoms with Gasteiger partial charge in [0.1, 0.15) is 0 Å². The molecule has 0 aromatic rings. The molecular formula is C12H22N2OS. The molecule has 1 unspecified atom stereocenters. The molecule has 1 heterocycles. The van der Waals surface area contributed by atoms with E-state index in [1.54, 1.807) is 0 Å². The fourth-order valence-electron chi connectivity index (χ4n) is 2.81. The Morgan fingerprint density at radius 2 is 2.19 bits per heavy atom. The van der Waals surface area contributed by atoms with Crippen molar-refractivity contribution in [3.63, 3.8) is 0 Å². The first-order valence-electron chi connectivity index (χ1n) is 6.40. The fraction of sp³-hybridized carbons (Fsp3) is 0.917. The van der Waals surface area contributed by atoms with Crippen LogP contribution in [0.1, 0.15) is 32.1 Å². The molecule has 16 heavy (non-hydrogen) atoms. The Hall–Kier alpha value is -0.220. The van der Waals surface area contributed by atoms with Crippen molar-refractivity contribution in [1.29, 1.82) is 0 Å². The van der Waals surface area contributed by atoms with E-state index in [2.05, 4.69) is 5.32 Å². The first-order valence-corrected chi connectivity index (χ1v) is 7.45. The minimum Gasteiger partial charge on any atom is -0.355 e. The zero-order valence-electron chi connectivity index (χ0n) is 9.78. The van der Waals surface area contributed by atoms with Crippen LogP contribution >= 0.6 is 11.8 Å². The van der Waals surface area contributed by atoms with Crippen LogP contribution in [-0.4, -0.2) is 30.0 Å². The zero-order chi connectivity index (χ0) is 11.4. The summed E-state index contributed by atoms with van der Waals surface area (Å²) in [7, 11) is 0. The van der Waals surface area contributed by atoms with Gasteiger partial charge in [0.25, 0.3) is 0 Å². The Labute approximate surface area is 102 Å². The SMILES string of the molecule is NC[C@H]1CCC[C@H]1C(=O)NCC1CCCS1. The van der Waals surface area contributed by atoms with Gasteiger partial charge in [0.15, 0.2) is 0 Å². The van der Waals surface area contributed by atoms with Gasteiger partial charge in [-0.1, -0.05) is 6.42 Å². The molecule has 1 aliphatic heterocycles. The lowest BCUT2D eigenvalue weighted by atomic mass is 9.95. The molecule has 0 aromatic carbocycles. The third kappa shape index (κ3) is 2.92. The van der Waals surface area contributed by atoms with Crippen LogP contribution in [0.2, 0.25) is 0 Å². The van der Waals surface area contributed by atoms with Crippen LogP contribution in [0.25, 0.3) is 0 Å². The van der Waals surface area contributed by atoms with E-state index in [1.807, 2.05) is 11.8 Å². The number of carbonyl (C=O) groups excluding carboxylic acids is 1. The largest absolute Gasteiger partial charge is 0.355 e. The monoisotopic (exact) mass is 242 g/mol. The lowest BCUT2D eigenvalue weighted by Crippen LogP contribution is -2.37. The average Bonchev–Trinajstić information content (AvgIpc) is 2.96. The Kier molecular flexibility index (Phi) is 4.53. The molecule has 1 aliphatic carbocycles. The predicted octanol–water partition coefficient (Wildman–Crippen LogP) is 1.37. The summed E-state index contributed by atoms with van der Waals surface area (Å²) in [6.07, 6.45) is 5.90. The molecule has 0 bridgehead atoms. The molecule has 0 radical (unpaired) electrons. The Balaban J connectivity index is 1.74. The molecule has 0 spiro atoms. The van der Waals surface area contributed by atoms with Crippen molar-refractivity contribution in [3.05, 3.63) is 0 Å². The number of thioether (sulfide) groups is 1. The van der Waals surface area contributed by atoms with Crippen LogP contribution in [0.3, 0.4) is 0 Å². The van der Waals surface area contributed by atoms with E-state index in [0.29, 0.717) is 17.7 Å². The summed E-state index contributed by atoms with van der Waals surface area (Å²) in [5.41, 5.74) is 5.70. The van der Waals surface area contributed by atoms with Crippen LogP contribution in [0.5, 0.6) is 0 Å². The van der Waals surface area contributed by atoms with Crippen molar-refractivity contribution in [2.75, 3.05) is 18.8 Å². The number of hydrogen-bond donors (Lipinski definition) is 2. The summed E-state index contributed by atoms with van der Waals surface area (Å²) in [5.74, 6) is 2.13. The Morgan fingerprint density at radius 3 is 2.88 bits per heavy atom. The van der Waals surface area contributed by atoms with Crippen molar-refractivity contribution in [3.8, 4) is 0 Å². The standard InChI is InChI=1S/C12H22N2OS/c13-7-9-3-1-5-11(9)12(15)14-8-10-4-2-6-16-10/h9-11H,1-8,13H2,(H,14,15)/t9-,10?,11-/m1/s1. The first-order chi connectivity index (χ1) is 7.81. The Morgan fingerprint density at radius 1 is 1.31 bits per heavy atom. The molecule has 1 amide bonds. The minimum absolute atomic E-state index is 0.191. The third-order valence-electron chi connectivity index (χ3n) is 3.83. The molecule has 92 valence electrons. The number of hydrogen-bond acceptors (Lipinski definition) is 3. The average molecular weight is 242 g/mol. The first kappa shape index (κ1) is 12.2. The van der Waals surface area contributed by atoms with E-state index in [9.17, 15) is 4.79 Å². The van der Waals surface area contributed by atoms with Gasteiger partial charge in [-0.3, -0.25) is 4.79 Å². The van der Waals surface area contributed by atoms with E-state index in [-0.39, 0.29) is 11.8 Å². The summed E-state index contributed by atoms with van der Waals surface area (Å²) in [5, 5.41) is 3.77. The lowest BCUT2D eigenvalue weighted by Gasteiger charge is -2.18. The van der Waals surface area contributed by atoms with Crippen molar-refractivity contribution in [2.24, 2.45) is 17.6 Å². The van der Waals surface area contributed by atoms with Gasteiger partial charge in [0.2, 0.25) is 5.91 Å².